The smallest absolute Gasteiger partial charge is 0.256 e. The lowest BCUT2D eigenvalue weighted by atomic mass is 10.0. The van der Waals surface area contributed by atoms with Crippen LogP contribution in [-0.4, -0.2) is 56.8 Å². The van der Waals surface area contributed by atoms with Crippen LogP contribution in [0.3, 0.4) is 0 Å². The molecule has 1 saturated heterocycles. The van der Waals surface area contributed by atoms with Crippen LogP contribution in [0.5, 0.6) is 5.75 Å². The summed E-state index contributed by atoms with van der Waals surface area (Å²) in [7, 11) is -0.724. The van der Waals surface area contributed by atoms with E-state index in [4.69, 9.17) is 11.6 Å². The van der Waals surface area contributed by atoms with Gasteiger partial charge < -0.3 is 10.4 Å². The van der Waals surface area contributed by atoms with Crippen molar-refractivity contribution in [1.29, 1.82) is 0 Å². The highest BCUT2D eigenvalue weighted by Crippen LogP contribution is 2.25. The molecule has 1 heterocycles. The SMILES string of the molecule is CC(C)(CNC(=O)c1c(O)cccc1Cl)N1CCS(=O)CC1. The first-order valence-electron chi connectivity index (χ1n) is 7.17. The molecule has 1 fully saturated rings. The van der Waals surface area contributed by atoms with Crippen LogP contribution >= 0.6 is 11.6 Å². The zero-order valence-electron chi connectivity index (χ0n) is 12.8. The molecule has 0 unspecified atom stereocenters. The third-order valence-corrected chi connectivity index (χ3v) is 5.52. The van der Waals surface area contributed by atoms with Gasteiger partial charge in [0.1, 0.15) is 5.75 Å². The van der Waals surface area contributed by atoms with E-state index in [0.29, 0.717) is 18.1 Å². The first-order chi connectivity index (χ1) is 10.3. The van der Waals surface area contributed by atoms with Crippen molar-refractivity contribution >= 4 is 28.3 Å². The van der Waals surface area contributed by atoms with Crippen LogP contribution < -0.4 is 5.32 Å². The molecule has 7 heteroatoms. The largest absolute Gasteiger partial charge is 0.507 e. The number of hydrogen-bond acceptors (Lipinski definition) is 4. The summed E-state index contributed by atoms with van der Waals surface area (Å²) in [6, 6.07) is 4.60. The maximum atomic E-state index is 12.2. The van der Waals surface area contributed by atoms with Crippen molar-refractivity contribution in [3.8, 4) is 5.75 Å². The zero-order chi connectivity index (χ0) is 16.3. The summed E-state index contributed by atoms with van der Waals surface area (Å²) in [5.74, 6) is 0.818. The minimum atomic E-state index is -0.724. The number of phenols is 1. The van der Waals surface area contributed by atoms with E-state index in [1.165, 1.54) is 6.07 Å². The number of carbonyl (C=O) groups is 1. The molecule has 5 nitrogen and oxygen atoms in total. The first-order valence-corrected chi connectivity index (χ1v) is 9.03. The number of aromatic hydroxyl groups is 1. The molecule has 122 valence electrons. The van der Waals surface area contributed by atoms with Gasteiger partial charge >= 0.3 is 0 Å². The molecule has 0 radical (unpaired) electrons. The highest BCUT2D eigenvalue weighted by molar-refractivity contribution is 7.85. The van der Waals surface area contributed by atoms with E-state index in [0.717, 1.165) is 13.1 Å². The van der Waals surface area contributed by atoms with Crippen molar-refractivity contribution in [1.82, 2.24) is 10.2 Å². The lowest BCUT2D eigenvalue weighted by molar-refractivity contribution is 0.0881. The number of phenolic OH excluding ortho intramolecular Hbond substituents is 1. The van der Waals surface area contributed by atoms with E-state index in [2.05, 4.69) is 10.2 Å². The van der Waals surface area contributed by atoms with Gasteiger partial charge in [0, 0.05) is 47.5 Å². The van der Waals surface area contributed by atoms with Crippen LogP contribution in [-0.2, 0) is 10.8 Å². The molecule has 0 spiro atoms. The van der Waals surface area contributed by atoms with Gasteiger partial charge in [-0.05, 0) is 26.0 Å². The molecule has 1 aromatic rings. The Labute approximate surface area is 138 Å². The third-order valence-electron chi connectivity index (χ3n) is 3.93. The number of nitrogens with one attached hydrogen (secondary N) is 1. The molecule has 0 bridgehead atoms. The van der Waals surface area contributed by atoms with Crippen LogP contribution in [0, 0.1) is 0 Å². The van der Waals surface area contributed by atoms with E-state index >= 15 is 0 Å². The van der Waals surface area contributed by atoms with E-state index < -0.39 is 16.7 Å². The topological polar surface area (TPSA) is 69.6 Å². The standard InChI is InChI=1S/C15H21ClN2O3S/c1-15(2,18-6-8-22(21)9-7-18)10-17-14(20)13-11(16)4-3-5-12(13)19/h3-5,19H,6-10H2,1-2H3,(H,17,20). The number of hydrogen-bond donors (Lipinski definition) is 2. The second-order valence-electron chi connectivity index (χ2n) is 5.96. The molecule has 2 rings (SSSR count). The number of nitrogens with zero attached hydrogens (tertiary/aromatic N) is 1. The summed E-state index contributed by atoms with van der Waals surface area (Å²) >= 11 is 5.97. The molecule has 1 aliphatic rings. The van der Waals surface area contributed by atoms with Gasteiger partial charge in [0.05, 0.1) is 10.6 Å². The van der Waals surface area contributed by atoms with Crippen LogP contribution in [0.4, 0.5) is 0 Å². The van der Waals surface area contributed by atoms with E-state index in [1.54, 1.807) is 12.1 Å². The van der Waals surface area contributed by atoms with Gasteiger partial charge in [0.15, 0.2) is 0 Å². The van der Waals surface area contributed by atoms with Gasteiger partial charge in [-0.25, -0.2) is 0 Å². The molecular weight excluding hydrogens is 324 g/mol. The average molecular weight is 345 g/mol. The lowest BCUT2D eigenvalue weighted by Crippen LogP contribution is -2.55. The van der Waals surface area contributed by atoms with Crippen molar-refractivity contribution in [2.75, 3.05) is 31.1 Å². The summed E-state index contributed by atoms with van der Waals surface area (Å²) in [6.07, 6.45) is 0. The average Bonchev–Trinajstić information content (AvgIpc) is 2.45. The minimum absolute atomic E-state index is 0.0970. The molecule has 0 aliphatic carbocycles. The Morgan fingerprint density at radius 1 is 1.41 bits per heavy atom. The normalized spacial score (nSPS) is 17.4. The minimum Gasteiger partial charge on any atom is -0.507 e. The molecular formula is C15H21ClN2O3S. The highest BCUT2D eigenvalue weighted by Gasteiger charge is 2.30. The van der Waals surface area contributed by atoms with Gasteiger partial charge in [-0.15, -0.1) is 0 Å². The first kappa shape index (κ1) is 17.2. The summed E-state index contributed by atoms with van der Waals surface area (Å²) in [5.41, 5.74) is -0.156. The number of carbonyl (C=O) groups excluding carboxylic acids is 1. The summed E-state index contributed by atoms with van der Waals surface area (Å²) < 4.78 is 11.4. The Balaban J connectivity index is 1.99. The predicted molar refractivity (Wildman–Crippen MR) is 89.0 cm³/mol. The molecule has 1 amide bonds. The second kappa shape index (κ2) is 6.98. The number of amides is 1. The van der Waals surface area contributed by atoms with E-state index in [1.807, 2.05) is 13.8 Å². The van der Waals surface area contributed by atoms with Crippen LogP contribution in [0.15, 0.2) is 18.2 Å². The van der Waals surface area contributed by atoms with Crippen molar-refractivity contribution < 1.29 is 14.1 Å². The van der Waals surface area contributed by atoms with Crippen molar-refractivity contribution in [2.45, 2.75) is 19.4 Å². The van der Waals surface area contributed by atoms with E-state index in [9.17, 15) is 14.1 Å². The lowest BCUT2D eigenvalue weighted by Gasteiger charge is -2.40. The molecule has 0 aromatic heterocycles. The monoisotopic (exact) mass is 344 g/mol. The third kappa shape index (κ3) is 4.00. The Bertz CT molecular complexity index is 562. The fourth-order valence-corrected chi connectivity index (χ4v) is 3.79. The fraction of sp³-hybridized carbons (Fsp3) is 0.533. The summed E-state index contributed by atoms with van der Waals surface area (Å²) in [5, 5.41) is 12.8. The predicted octanol–water partition coefficient (Wildman–Crippen LogP) is 1.62. The second-order valence-corrected chi connectivity index (χ2v) is 8.07. The molecule has 0 saturated carbocycles. The summed E-state index contributed by atoms with van der Waals surface area (Å²) in [6.45, 7) is 6.00. The van der Waals surface area contributed by atoms with Gasteiger partial charge in [-0.1, -0.05) is 17.7 Å². The number of benzene rings is 1. The van der Waals surface area contributed by atoms with Gasteiger partial charge in [0.2, 0.25) is 0 Å². The molecule has 0 atom stereocenters. The van der Waals surface area contributed by atoms with Gasteiger partial charge in [-0.3, -0.25) is 13.9 Å². The Kier molecular flexibility index (Phi) is 5.47. The maximum Gasteiger partial charge on any atom is 0.256 e. The van der Waals surface area contributed by atoms with Crippen LogP contribution in [0.2, 0.25) is 5.02 Å². The molecule has 1 aliphatic heterocycles. The van der Waals surface area contributed by atoms with Crippen molar-refractivity contribution in [3.63, 3.8) is 0 Å². The highest BCUT2D eigenvalue weighted by atomic mass is 35.5. The number of halogens is 1. The van der Waals surface area contributed by atoms with Crippen molar-refractivity contribution in [2.24, 2.45) is 0 Å². The molecule has 2 N–H and O–H groups in total. The van der Waals surface area contributed by atoms with E-state index in [-0.39, 0.29) is 21.9 Å². The maximum absolute atomic E-state index is 12.2. The Morgan fingerprint density at radius 3 is 2.64 bits per heavy atom. The summed E-state index contributed by atoms with van der Waals surface area (Å²) in [4.78, 5) is 14.5. The van der Waals surface area contributed by atoms with Crippen LogP contribution in [0.1, 0.15) is 24.2 Å². The fourth-order valence-electron chi connectivity index (χ4n) is 2.48. The van der Waals surface area contributed by atoms with Gasteiger partial charge in [-0.2, -0.15) is 0 Å². The molecule has 22 heavy (non-hydrogen) atoms. The van der Waals surface area contributed by atoms with Gasteiger partial charge in [0.25, 0.3) is 5.91 Å². The zero-order valence-corrected chi connectivity index (χ0v) is 14.3. The molecule has 1 aromatic carbocycles. The quantitative estimate of drug-likeness (QED) is 0.870. The van der Waals surface area contributed by atoms with Crippen molar-refractivity contribution in [3.05, 3.63) is 28.8 Å². The van der Waals surface area contributed by atoms with Crippen LogP contribution in [0.25, 0.3) is 0 Å². The number of rotatable bonds is 4. The Hall–Kier alpha value is -1.11. The Morgan fingerprint density at radius 2 is 2.05 bits per heavy atom.